The van der Waals surface area contributed by atoms with E-state index in [-0.39, 0.29) is 0 Å². The highest BCUT2D eigenvalue weighted by molar-refractivity contribution is 6.70. The van der Waals surface area contributed by atoms with E-state index in [0.29, 0.717) is 0 Å². The molecule has 6 nitrogen and oxygen atoms in total. The van der Waals surface area contributed by atoms with Crippen molar-refractivity contribution in [1.82, 2.24) is 0 Å². The fraction of sp³-hybridized carbons (Fsp3) is 0.688. The van der Waals surface area contributed by atoms with E-state index >= 15 is 0 Å². The highest BCUT2D eigenvalue weighted by Gasteiger charge is 2.49. The van der Waals surface area contributed by atoms with Crippen LogP contribution in [0.1, 0.15) is 72.6 Å². The first-order chi connectivity index (χ1) is 10.8. The number of hydrogen-bond donors (Lipinski definition) is 0. The molecule has 0 unspecified atom stereocenters. The Bertz CT molecular complexity index is 378. The second-order valence-corrected chi connectivity index (χ2v) is 7.50. The maximum atomic E-state index is 11.3. The molecular formula is C16H28O6Si. The molecule has 0 aromatic carbocycles. The summed E-state index contributed by atoms with van der Waals surface area (Å²) in [6.07, 6.45) is 9.44. The average molecular weight is 344 g/mol. The summed E-state index contributed by atoms with van der Waals surface area (Å²) in [5.41, 5.74) is 1.43. The van der Waals surface area contributed by atoms with Gasteiger partial charge in [-0.2, -0.15) is 0 Å². The maximum Gasteiger partial charge on any atom is 0.734 e. The van der Waals surface area contributed by atoms with E-state index in [9.17, 15) is 14.4 Å². The number of carbonyl (C=O) groups excluding carboxylic acids is 3. The standard InChI is InChI=1S/C16H28O6Si/c1-5-6-7-8-9-10-11-12-13-23(20-14(2)17,21-15(3)18)22-16(4)19/h12-13H,5-11H2,1-4H3. The molecule has 7 heteroatoms. The molecule has 0 bridgehead atoms. The second-order valence-electron chi connectivity index (χ2n) is 5.34. The van der Waals surface area contributed by atoms with Crippen LogP contribution >= 0.6 is 0 Å². The van der Waals surface area contributed by atoms with Crippen LogP contribution in [0.15, 0.2) is 11.8 Å². The molecule has 132 valence electrons. The van der Waals surface area contributed by atoms with Gasteiger partial charge in [0, 0.05) is 26.5 Å². The minimum atomic E-state index is -3.80. The van der Waals surface area contributed by atoms with Crippen molar-refractivity contribution >= 4 is 26.7 Å². The van der Waals surface area contributed by atoms with Gasteiger partial charge in [0.2, 0.25) is 0 Å². The van der Waals surface area contributed by atoms with Crippen LogP contribution in [0, 0.1) is 0 Å². The predicted octanol–water partition coefficient (Wildman–Crippen LogP) is 3.46. The van der Waals surface area contributed by atoms with Crippen molar-refractivity contribution in [3.63, 3.8) is 0 Å². The zero-order chi connectivity index (χ0) is 17.7. The fourth-order valence-electron chi connectivity index (χ4n) is 2.04. The second kappa shape index (κ2) is 11.9. The third kappa shape index (κ3) is 11.6. The summed E-state index contributed by atoms with van der Waals surface area (Å²) in [6.45, 7) is 5.70. The topological polar surface area (TPSA) is 78.9 Å². The molecule has 0 N–H and O–H groups in total. The van der Waals surface area contributed by atoms with E-state index in [1.165, 1.54) is 52.2 Å². The Morgan fingerprint density at radius 3 is 1.65 bits per heavy atom. The van der Waals surface area contributed by atoms with Crippen molar-refractivity contribution in [2.24, 2.45) is 0 Å². The Morgan fingerprint density at radius 2 is 1.22 bits per heavy atom. The van der Waals surface area contributed by atoms with Crippen LogP contribution in [-0.4, -0.2) is 26.7 Å². The lowest BCUT2D eigenvalue weighted by Gasteiger charge is -2.23. The number of unbranched alkanes of at least 4 members (excludes halogenated alkanes) is 6. The van der Waals surface area contributed by atoms with Gasteiger partial charge in [-0.05, 0) is 12.8 Å². The molecule has 0 atom stereocenters. The minimum Gasteiger partial charge on any atom is -0.452 e. The van der Waals surface area contributed by atoms with Crippen LogP contribution in [0.3, 0.4) is 0 Å². The first-order valence-corrected chi connectivity index (χ1v) is 9.88. The van der Waals surface area contributed by atoms with Gasteiger partial charge in [0.05, 0.1) is 0 Å². The summed E-state index contributed by atoms with van der Waals surface area (Å²) in [7, 11) is -3.80. The van der Waals surface area contributed by atoms with Gasteiger partial charge in [-0.25, -0.2) is 0 Å². The summed E-state index contributed by atoms with van der Waals surface area (Å²) in [6, 6.07) is 0. The number of hydrogen-bond acceptors (Lipinski definition) is 6. The third-order valence-corrected chi connectivity index (χ3v) is 5.26. The van der Waals surface area contributed by atoms with Crippen molar-refractivity contribution in [1.29, 1.82) is 0 Å². The van der Waals surface area contributed by atoms with Crippen LogP contribution in [0.2, 0.25) is 0 Å². The molecule has 0 aliphatic heterocycles. The monoisotopic (exact) mass is 344 g/mol. The normalized spacial score (nSPS) is 11.3. The van der Waals surface area contributed by atoms with Gasteiger partial charge in [-0.15, -0.1) is 0 Å². The molecule has 0 radical (unpaired) electrons. The largest absolute Gasteiger partial charge is 0.734 e. The lowest BCUT2D eigenvalue weighted by Crippen LogP contribution is -2.48. The van der Waals surface area contributed by atoms with Crippen molar-refractivity contribution in [2.75, 3.05) is 0 Å². The van der Waals surface area contributed by atoms with Gasteiger partial charge >= 0.3 is 8.80 Å². The SMILES string of the molecule is CCCCCCCCC=C[Si](OC(C)=O)(OC(C)=O)OC(C)=O. The summed E-state index contributed by atoms with van der Waals surface area (Å²) in [5, 5.41) is 0. The molecule has 0 saturated carbocycles. The molecule has 0 aromatic rings. The van der Waals surface area contributed by atoms with Gasteiger partial charge in [0.1, 0.15) is 0 Å². The van der Waals surface area contributed by atoms with Gasteiger partial charge in [-0.3, -0.25) is 14.4 Å². The molecule has 0 aliphatic carbocycles. The van der Waals surface area contributed by atoms with E-state index in [2.05, 4.69) is 6.92 Å². The van der Waals surface area contributed by atoms with Gasteiger partial charge < -0.3 is 13.3 Å². The van der Waals surface area contributed by atoms with E-state index in [1.807, 2.05) is 0 Å². The first-order valence-electron chi connectivity index (χ1n) is 8.07. The van der Waals surface area contributed by atoms with Crippen molar-refractivity contribution in [3.8, 4) is 0 Å². The minimum absolute atomic E-state index is 0.664. The Morgan fingerprint density at radius 1 is 0.783 bits per heavy atom. The molecule has 0 rings (SSSR count). The molecule has 0 aromatic heterocycles. The molecule has 0 fully saturated rings. The molecule has 0 amide bonds. The predicted molar refractivity (Wildman–Crippen MR) is 88.2 cm³/mol. The summed E-state index contributed by atoms with van der Waals surface area (Å²) < 4.78 is 15.1. The highest BCUT2D eigenvalue weighted by Crippen LogP contribution is 2.15. The van der Waals surface area contributed by atoms with E-state index in [4.69, 9.17) is 13.3 Å². The molecule has 0 aliphatic rings. The summed E-state index contributed by atoms with van der Waals surface area (Å²) in [4.78, 5) is 33.8. The van der Waals surface area contributed by atoms with Crippen LogP contribution in [-0.2, 0) is 27.7 Å². The van der Waals surface area contributed by atoms with Crippen LogP contribution in [0.25, 0.3) is 0 Å². The smallest absolute Gasteiger partial charge is 0.452 e. The lowest BCUT2D eigenvalue weighted by molar-refractivity contribution is -0.146. The van der Waals surface area contributed by atoms with Gasteiger partial charge in [0.15, 0.2) is 0 Å². The van der Waals surface area contributed by atoms with Crippen molar-refractivity contribution in [2.45, 2.75) is 72.6 Å². The zero-order valence-electron chi connectivity index (χ0n) is 14.6. The Kier molecular flexibility index (Phi) is 11.0. The molecule has 0 spiro atoms. The van der Waals surface area contributed by atoms with E-state index in [1.54, 1.807) is 6.08 Å². The Labute approximate surface area is 139 Å². The zero-order valence-corrected chi connectivity index (χ0v) is 15.6. The van der Waals surface area contributed by atoms with Crippen LogP contribution in [0.5, 0.6) is 0 Å². The maximum absolute atomic E-state index is 11.3. The van der Waals surface area contributed by atoms with Gasteiger partial charge in [-0.1, -0.05) is 45.1 Å². The quantitative estimate of drug-likeness (QED) is 0.422. The first kappa shape index (κ1) is 21.4. The van der Waals surface area contributed by atoms with Crippen LogP contribution < -0.4 is 0 Å². The summed E-state index contributed by atoms with van der Waals surface area (Å²) >= 11 is 0. The fourth-order valence-corrected chi connectivity index (χ4v) is 4.02. The highest BCUT2D eigenvalue weighted by atomic mass is 28.4. The number of rotatable bonds is 11. The Balaban J connectivity index is 4.64. The van der Waals surface area contributed by atoms with Gasteiger partial charge in [0.25, 0.3) is 17.9 Å². The number of allylic oxidation sites excluding steroid dienone is 1. The molecule has 23 heavy (non-hydrogen) atoms. The lowest BCUT2D eigenvalue weighted by atomic mass is 10.1. The summed E-state index contributed by atoms with van der Waals surface area (Å²) in [5.74, 6) is -1.99. The van der Waals surface area contributed by atoms with E-state index < -0.39 is 26.7 Å². The molecular weight excluding hydrogens is 316 g/mol. The van der Waals surface area contributed by atoms with Crippen LogP contribution in [0.4, 0.5) is 0 Å². The molecule has 0 heterocycles. The Hall–Kier alpha value is -1.63. The van der Waals surface area contributed by atoms with Crippen molar-refractivity contribution < 1.29 is 27.7 Å². The van der Waals surface area contributed by atoms with Crippen molar-refractivity contribution in [3.05, 3.63) is 11.8 Å². The number of carbonyl (C=O) groups is 3. The third-order valence-electron chi connectivity index (χ3n) is 2.90. The average Bonchev–Trinajstić information content (AvgIpc) is 2.39. The van der Waals surface area contributed by atoms with E-state index in [0.717, 1.165) is 19.3 Å². The molecule has 0 saturated heterocycles.